The highest BCUT2D eigenvalue weighted by Crippen LogP contribution is 2.27. The van der Waals surface area contributed by atoms with Crippen LogP contribution in [0.2, 0.25) is 0 Å². The summed E-state index contributed by atoms with van der Waals surface area (Å²) in [5.41, 5.74) is 0. The summed E-state index contributed by atoms with van der Waals surface area (Å²) in [5, 5.41) is 0. The van der Waals surface area contributed by atoms with Gasteiger partial charge >= 0.3 is 0 Å². The predicted molar refractivity (Wildman–Crippen MR) is 46.7 cm³/mol. The minimum Gasteiger partial charge on any atom is -0.302 e. The van der Waals surface area contributed by atoms with Crippen LogP contribution in [0.4, 0.5) is 0 Å². The van der Waals surface area contributed by atoms with Crippen LogP contribution in [0, 0.1) is 0 Å². The van der Waals surface area contributed by atoms with Crippen molar-refractivity contribution in [3.8, 4) is 0 Å². The van der Waals surface area contributed by atoms with Crippen molar-refractivity contribution in [2.45, 2.75) is 31.3 Å². The van der Waals surface area contributed by atoms with Gasteiger partial charge in [0.05, 0.1) is 0 Å². The molecule has 64 valence electrons. The van der Waals surface area contributed by atoms with Crippen molar-refractivity contribution >= 4 is 0 Å². The molecule has 0 N–H and O–H groups in total. The Morgan fingerprint density at radius 1 is 0.909 bits per heavy atom. The van der Waals surface area contributed by atoms with Crippen LogP contribution in [0.15, 0.2) is 0 Å². The van der Waals surface area contributed by atoms with Crippen LogP contribution >= 0.6 is 0 Å². The van der Waals surface area contributed by atoms with Crippen LogP contribution in [0.3, 0.4) is 0 Å². The second kappa shape index (κ2) is 2.76. The second-order valence-corrected chi connectivity index (χ2v) is 4.03. The van der Waals surface area contributed by atoms with Crippen molar-refractivity contribution in [2.24, 2.45) is 0 Å². The largest absolute Gasteiger partial charge is 0.302 e. The lowest BCUT2D eigenvalue weighted by Gasteiger charge is -2.44. The van der Waals surface area contributed by atoms with Crippen molar-refractivity contribution in [3.63, 3.8) is 0 Å². The van der Waals surface area contributed by atoms with E-state index in [1.54, 1.807) is 0 Å². The molecular weight excluding hydrogens is 136 g/mol. The molecule has 0 saturated carbocycles. The average molecular weight is 154 g/mol. The molecule has 0 radical (unpaired) electrons. The van der Waals surface area contributed by atoms with Gasteiger partial charge in [-0.15, -0.1) is 0 Å². The predicted octanol–water partition coefficient (Wildman–Crippen LogP) is 0.785. The topological polar surface area (TPSA) is 6.48 Å². The Kier molecular flexibility index (Phi) is 1.90. The number of likely N-dealkylation sites (N-methyl/N-ethyl adjacent to an activating group) is 2. The van der Waals surface area contributed by atoms with Crippen molar-refractivity contribution in [1.29, 1.82) is 0 Å². The Morgan fingerprint density at radius 3 is 1.91 bits per heavy atom. The molecule has 0 aliphatic carbocycles. The highest BCUT2D eigenvalue weighted by atomic mass is 15.3. The molecule has 2 nitrogen and oxygen atoms in total. The molecule has 2 aliphatic rings. The van der Waals surface area contributed by atoms with Gasteiger partial charge in [0.25, 0.3) is 0 Å². The SMILES string of the molecule is CN1CCCC1C1CCN1C. The number of nitrogens with zero attached hydrogens (tertiary/aromatic N) is 2. The van der Waals surface area contributed by atoms with Gasteiger partial charge in [-0.1, -0.05) is 0 Å². The minimum absolute atomic E-state index is 0.869. The monoisotopic (exact) mass is 154 g/mol. The first-order valence-corrected chi connectivity index (χ1v) is 4.69. The van der Waals surface area contributed by atoms with Gasteiger partial charge in [-0.25, -0.2) is 0 Å². The molecule has 2 aliphatic heterocycles. The molecule has 0 aromatic carbocycles. The van der Waals surface area contributed by atoms with Crippen LogP contribution in [0.5, 0.6) is 0 Å². The molecular formula is C9H18N2. The maximum Gasteiger partial charge on any atom is 0.0260 e. The summed E-state index contributed by atoms with van der Waals surface area (Å²) in [6, 6.07) is 1.75. The maximum absolute atomic E-state index is 2.53. The van der Waals surface area contributed by atoms with Gasteiger partial charge < -0.3 is 9.80 Å². The third-order valence-corrected chi connectivity index (χ3v) is 3.36. The fraction of sp³-hybridized carbons (Fsp3) is 1.00. The van der Waals surface area contributed by atoms with Crippen LogP contribution < -0.4 is 0 Å². The van der Waals surface area contributed by atoms with Gasteiger partial charge in [-0.05, 0) is 46.4 Å². The van der Waals surface area contributed by atoms with E-state index in [1.807, 2.05) is 0 Å². The van der Waals surface area contributed by atoms with Gasteiger partial charge in [0.15, 0.2) is 0 Å². The Bertz CT molecular complexity index is 146. The van der Waals surface area contributed by atoms with Crippen LogP contribution in [-0.2, 0) is 0 Å². The Hall–Kier alpha value is -0.0800. The molecule has 2 atom stereocenters. The molecule has 0 aromatic heterocycles. The molecule has 2 unspecified atom stereocenters. The van der Waals surface area contributed by atoms with Crippen molar-refractivity contribution in [1.82, 2.24) is 9.80 Å². The molecule has 2 rings (SSSR count). The molecule has 2 fully saturated rings. The molecule has 0 spiro atoms. The zero-order valence-corrected chi connectivity index (χ0v) is 7.58. The fourth-order valence-corrected chi connectivity index (χ4v) is 2.44. The zero-order chi connectivity index (χ0) is 7.84. The molecule has 2 heteroatoms. The lowest BCUT2D eigenvalue weighted by Crippen LogP contribution is -2.54. The van der Waals surface area contributed by atoms with Crippen molar-refractivity contribution in [3.05, 3.63) is 0 Å². The van der Waals surface area contributed by atoms with Gasteiger partial charge in [-0.2, -0.15) is 0 Å². The quantitative estimate of drug-likeness (QED) is 0.551. The normalized spacial score (nSPS) is 40.9. The lowest BCUT2D eigenvalue weighted by molar-refractivity contribution is 0.0578. The van der Waals surface area contributed by atoms with E-state index < -0.39 is 0 Å². The molecule has 2 heterocycles. The van der Waals surface area contributed by atoms with E-state index in [4.69, 9.17) is 0 Å². The van der Waals surface area contributed by atoms with E-state index in [0.29, 0.717) is 0 Å². The molecule has 0 aromatic rings. The van der Waals surface area contributed by atoms with Crippen molar-refractivity contribution < 1.29 is 0 Å². The standard InChI is InChI=1S/C9H18N2/c1-10-6-3-4-8(10)9-5-7-11(9)2/h8-9H,3-7H2,1-2H3. The summed E-state index contributed by atoms with van der Waals surface area (Å²) in [6.07, 6.45) is 4.25. The van der Waals surface area contributed by atoms with E-state index in [0.717, 1.165) is 12.1 Å². The highest BCUT2D eigenvalue weighted by molar-refractivity contribution is 4.93. The van der Waals surface area contributed by atoms with Gasteiger partial charge in [0.2, 0.25) is 0 Å². The first-order chi connectivity index (χ1) is 5.29. The summed E-state index contributed by atoms with van der Waals surface area (Å²) in [6.45, 7) is 2.63. The first-order valence-electron chi connectivity index (χ1n) is 4.69. The van der Waals surface area contributed by atoms with Crippen LogP contribution in [0.1, 0.15) is 19.3 Å². The Balaban J connectivity index is 1.93. The fourth-order valence-electron chi connectivity index (χ4n) is 2.44. The smallest absolute Gasteiger partial charge is 0.0260 e. The molecule has 2 saturated heterocycles. The summed E-state index contributed by atoms with van der Waals surface area (Å²) in [4.78, 5) is 5.02. The van der Waals surface area contributed by atoms with Gasteiger partial charge in [0.1, 0.15) is 0 Å². The van der Waals surface area contributed by atoms with E-state index >= 15 is 0 Å². The lowest BCUT2D eigenvalue weighted by atomic mass is 9.94. The van der Waals surface area contributed by atoms with Crippen LogP contribution in [-0.4, -0.2) is 49.1 Å². The summed E-state index contributed by atoms with van der Waals surface area (Å²) < 4.78 is 0. The van der Waals surface area contributed by atoms with Crippen LogP contribution in [0.25, 0.3) is 0 Å². The number of rotatable bonds is 1. The molecule has 11 heavy (non-hydrogen) atoms. The Labute approximate surface area is 69.2 Å². The number of hydrogen-bond donors (Lipinski definition) is 0. The minimum atomic E-state index is 0.869. The Morgan fingerprint density at radius 2 is 1.55 bits per heavy atom. The van der Waals surface area contributed by atoms with Gasteiger partial charge in [-0.3, -0.25) is 0 Å². The van der Waals surface area contributed by atoms with Crippen molar-refractivity contribution in [2.75, 3.05) is 27.2 Å². The third-order valence-electron chi connectivity index (χ3n) is 3.36. The first kappa shape index (κ1) is 7.56. The maximum atomic E-state index is 2.53. The molecule has 0 bridgehead atoms. The van der Waals surface area contributed by atoms with E-state index in [1.165, 1.54) is 32.4 Å². The van der Waals surface area contributed by atoms with E-state index in [2.05, 4.69) is 23.9 Å². The second-order valence-electron chi connectivity index (χ2n) is 4.03. The van der Waals surface area contributed by atoms with E-state index in [-0.39, 0.29) is 0 Å². The summed E-state index contributed by atoms with van der Waals surface area (Å²) in [5.74, 6) is 0. The van der Waals surface area contributed by atoms with E-state index in [9.17, 15) is 0 Å². The molecule has 0 amide bonds. The average Bonchev–Trinajstić information content (AvgIpc) is 2.34. The number of hydrogen-bond acceptors (Lipinski definition) is 2. The summed E-state index contributed by atoms with van der Waals surface area (Å²) >= 11 is 0. The third kappa shape index (κ3) is 1.18. The van der Waals surface area contributed by atoms with Gasteiger partial charge in [0, 0.05) is 12.1 Å². The number of likely N-dealkylation sites (tertiary alicyclic amines) is 2. The zero-order valence-electron chi connectivity index (χ0n) is 7.58. The summed E-state index contributed by atoms with van der Waals surface area (Å²) in [7, 11) is 4.52. The highest BCUT2D eigenvalue weighted by Gasteiger charge is 2.36.